The molecule has 1 aromatic heterocycles. The van der Waals surface area contributed by atoms with Gasteiger partial charge in [0.15, 0.2) is 0 Å². The Labute approximate surface area is 127 Å². The number of pyridine rings is 1. The molecule has 0 amide bonds. The van der Waals surface area contributed by atoms with Crippen molar-refractivity contribution in [1.29, 1.82) is 0 Å². The van der Waals surface area contributed by atoms with Crippen LogP contribution in [0.25, 0.3) is 0 Å². The van der Waals surface area contributed by atoms with Gasteiger partial charge >= 0.3 is 0 Å². The number of hydrogen-bond donors (Lipinski definition) is 1. The van der Waals surface area contributed by atoms with Gasteiger partial charge in [-0.25, -0.2) is 0 Å². The monoisotopic (exact) mass is 286 g/mol. The standard InChI is InChI=1S/C17H26N4/c1-3-17-13-21(10-2-9-20(17)8-1)16-6-7-18-15(11-16)12-19-14-4-5-14/h6-7,11,14,17,19H,1-5,8-10,12-13H2. The Bertz CT molecular complexity index is 485. The Balaban J connectivity index is 1.45. The molecule has 1 saturated carbocycles. The smallest absolute Gasteiger partial charge is 0.0562 e. The summed E-state index contributed by atoms with van der Waals surface area (Å²) in [5.41, 5.74) is 2.55. The van der Waals surface area contributed by atoms with Gasteiger partial charge in [-0.3, -0.25) is 9.88 Å². The molecule has 1 aliphatic carbocycles. The molecule has 0 aromatic carbocycles. The molecule has 1 N–H and O–H groups in total. The summed E-state index contributed by atoms with van der Waals surface area (Å²) < 4.78 is 0. The van der Waals surface area contributed by atoms with Crippen LogP contribution in [0.1, 0.15) is 37.8 Å². The first kappa shape index (κ1) is 13.5. The lowest BCUT2D eigenvalue weighted by atomic mass is 10.2. The van der Waals surface area contributed by atoms with E-state index in [9.17, 15) is 0 Å². The van der Waals surface area contributed by atoms with Gasteiger partial charge < -0.3 is 10.2 Å². The normalized spacial score (nSPS) is 26.7. The van der Waals surface area contributed by atoms with Gasteiger partial charge in [-0.2, -0.15) is 0 Å². The molecule has 1 unspecified atom stereocenters. The summed E-state index contributed by atoms with van der Waals surface area (Å²) >= 11 is 0. The quantitative estimate of drug-likeness (QED) is 0.917. The van der Waals surface area contributed by atoms with Crippen molar-refractivity contribution in [1.82, 2.24) is 15.2 Å². The van der Waals surface area contributed by atoms with Crippen molar-refractivity contribution in [2.75, 3.05) is 31.1 Å². The third-order valence-electron chi connectivity index (χ3n) is 5.12. The molecule has 3 fully saturated rings. The maximum absolute atomic E-state index is 4.52. The number of rotatable bonds is 4. The van der Waals surface area contributed by atoms with E-state index in [1.165, 1.54) is 69.7 Å². The maximum Gasteiger partial charge on any atom is 0.0562 e. The van der Waals surface area contributed by atoms with Crippen LogP contribution in [0.2, 0.25) is 0 Å². The highest BCUT2D eigenvalue weighted by Gasteiger charge is 2.28. The lowest BCUT2D eigenvalue weighted by Gasteiger charge is -2.27. The van der Waals surface area contributed by atoms with E-state index in [1.807, 2.05) is 6.20 Å². The highest BCUT2D eigenvalue weighted by atomic mass is 15.3. The molecule has 0 radical (unpaired) electrons. The van der Waals surface area contributed by atoms with Crippen LogP contribution in [0.5, 0.6) is 0 Å². The van der Waals surface area contributed by atoms with Crippen molar-refractivity contribution in [2.45, 2.75) is 50.7 Å². The van der Waals surface area contributed by atoms with Gasteiger partial charge in [0.1, 0.15) is 0 Å². The van der Waals surface area contributed by atoms with Gasteiger partial charge in [0.25, 0.3) is 0 Å². The third kappa shape index (κ3) is 3.22. The average Bonchev–Trinajstić information content (AvgIpc) is 3.28. The fraction of sp³-hybridized carbons (Fsp3) is 0.706. The van der Waals surface area contributed by atoms with Crippen LogP contribution in [0, 0.1) is 0 Å². The fourth-order valence-corrected chi connectivity index (χ4v) is 3.74. The lowest BCUT2D eigenvalue weighted by molar-refractivity contribution is 0.273. The highest BCUT2D eigenvalue weighted by Crippen LogP contribution is 2.25. The van der Waals surface area contributed by atoms with E-state index in [2.05, 4.69) is 32.2 Å². The van der Waals surface area contributed by atoms with Crippen LogP contribution in [0.15, 0.2) is 18.3 Å². The molecule has 3 aliphatic rings. The zero-order chi connectivity index (χ0) is 14.1. The van der Waals surface area contributed by atoms with E-state index < -0.39 is 0 Å². The molecule has 2 saturated heterocycles. The van der Waals surface area contributed by atoms with Crippen LogP contribution < -0.4 is 10.2 Å². The van der Waals surface area contributed by atoms with Gasteiger partial charge in [-0.05, 0) is 50.8 Å². The molecule has 3 heterocycles. The largest absolute Gasteiger partial charge is 0.370 e. The van der Waals surface area contributed by atoms with Gasteiger partial charge in [0, 0.05) is 50.1 Å². The Kier molecular flexibility index (Phi) is 3.82. The van der Waals surface area contributed by atoms with Crippen LogP contribution >= 0.6 is 0 Å². The molecule has 21 heavy (non-hydrogen) atoms. The fourth-order valence-electron chi connectivity index (χ4n) is 3.74. The van der Waals surface area contributed by atoms with Crippen molar-refractivity contribution >= 4 is 5.69 Å². The SMILES string of the molecule is c1cc(N2CCCN3CCCC3C2)cc(CNC2CC2)n1. The average molecular weight is 286 g/mol. The number of fused-ring (bicyclic) bond motifs is 1. The number of nitrogens with one attached hydrogen (secondary N) is 1. The lowest BCUT2D eigenvalue weighted by Crippen LogP contribution is -2.36. The molecule has 4 nitrogen and oxygen atoms in total. The molecular weight excluding hydrogens is 260 g/mol. The molecule has 4 rings (SSSR count). The minimum absolute atomic E-state index is 0.751. The third-order valence-corrected chi connectivity index (χ3v) is 5.12. The van der Waals surface area contributed by atoms with Crippen LogP contribution in [0.4, 0.5) is 5.69 Å². The predicted molar refractivity (Wildman–Crippen MR) is 85.5 cm³/mol. The minimum Gasteiger partial charge on any atom is -0.370 e. The van der Waals surface area contributed by atoms with Crippen LogP contribution in [-0.2, 0) is 6.54 Å². The molecule has 1 aromatic rings. The zero-order valence-corrected chi connectivity index (χ0v) is 12.8. The maximum atomic E-state index is 4.52. The Morgan fingerprint density at radius 1 is 1.14 bits per heavy atom. The molecule has 2 aliphatic heterocycles. The van der Waals surface area contributed by atoms with Crippen molar-refractivity contribution < 1.29 is 0 Å². The molecule has 4 heteroatoms. The first-order valence-corrected chi connectivity index (χ1v) is 8.56. The second-order valence-electron chi connectivity index (χ2n) is 6.79. The van der Waals surface area contributed by atoms with Crippen molar-refractivity contribution in [3.05, 3.63) is 24.0 Å². The molecule has 0 bridgehead atoms. The minimum atomic E-state index is 0.751. The number of nitrogens with zero attached hydrogens (tertiary/aromatic N) is 3. The van der Waals surface area contributed by atoms with E-state index in [0.717, 1.165) is 18.6 Å². The summed E-state index contributed by atoms with van der Waals surface area (Å²) in [4.78, 5) is 9.80. The number of hydrogen-bond acceptors (Lipinski definition) is 4. The van der Waals surface area contributed by atoms with Gasteiger partial charge in [0.05, 0.1) is 5.69 Å². The van der Waals surface area contributed by atoms with E-state index in [4.69, 9.17) is 0 Å². The van der Waals surface area contributed by atoms with Gasteiger partial charge in [0.2, 0.25) is 0 Å². The summed E-state index contributed by atoms with van der Waals surface area (Å²) in [7, 11) is 0. The first-order chi connectivity index (χ1) is 10.4. The number of aromatic nitrogens is 1. The summed E-state index contributed by atoms with van der Waals surface area (Å²) in [5.74, 6) is 0. The Morgan fingerprint density at radius 2 is 2.05 bits per heavy atom. The Morgan fingerprint density at radius 3 is 2.95 bits per heavy atom. The van der Waals surface area contributed by atoms with Crippen LogP contribution in [-0.4, -0.2) is 48.1 Å². The Hall–Kier alpha value is -1.13. The van der Waals surface area contributed by atoms with Gasteiger partial charge in [-0.1, -0.05) is 0 Å². The van der Waals surface area contributed by atoms with E-state index in [-0.39, 0.29) is 0 Å². The van der Waals surface area contributed by atoms with Crippen molar-refractivity contribution in [3.8, 4) is 0 Å². The van der Waals surface area contributed by atoms with Crippen LogP contribution in [0.3, 0.4) is 0 Å². The topological polar surface area (TPSA) is 31.4 Å². The van der Waals surface area contributed by atoms with E-state index in [1.54, 1.807) is 0 Å². The summed E-state index contributed by atoms with van der Waals surface area (Å²) in [6.45, 7) is 5.89. The van der Waals surface area contributed by atoms with Gasteiger partial charge in [-0.15, -0.1) is 0 Å². The second-order valence-corrected chi connectivity index (χ2v) is 6.79. The summed E-state index contributed by atoms with van der Waals surface area (Å²) in [6, 6.07) is 6.00. The van der Waals surface area contributed by atoms with E-state index >= 15 is 0 Å². The highest BCUT2D eigenvalue weighted by molar-refractivity contribution is 5.47. The summed E-state index contributed by atoms with van der Waals surface area (Å²) in [5, 5.41) is 3.56. The predicted octanol–water partition coefficient (Wildman–Crippen LogP) is 2.01. The van der Waals surface area contributed by atoms with Crippen molar-refractivity contribution in [3.63, 3.8) is 0 Å². The molecule has 0 spiro atoms. The summed E-state index contributed by atoms with van der Waals surface area (Å²) in [6.07, 6.45) is 8.70. The molecule has 1 atom stereocenters. The number of anilines is 1. The molecular formula is C17H26N4. The molecule has 114 valence electrons. The van der Waals surface area contributed by atoms with E-state index in [0.29, 0.717) is 0 Å². The second kappa shape index (κ2) is 5.93. The zero-order valence-electron chi connectivity index (χ0n) is 12.8. The van der Waals surface area contributed by atoms with Crippen molar-refractivity contribution in [2.24, 2.45) is 0 Å². The first-order valence-electron chi connectivity index (χ1n) is 8.56.